The summed E-state index contributed by atoms with van der Waals surface area (Å²) in [5.74, 6) is -0.408. The van der Waals surface area contributed by atoms with E-state index in [2.05, 4.69) is 49.1 Å². The Morgan fingerprint density at radius 3 is 2.20 bits per heavy atom. The molecule has 216 valence electrons. The third-order valence-corrected chi connectivity index (χ3v) is 6.63. The van der Waals surface area contributed by atoms with Gasteiger partial charge in [-0.15, -0.1) is 0 Å². The van der Waals surface area contributed by atoms with Gasteiger partial charge in [0.15, 0.2) is 5.13 Å². The van der Waals surface area contributed by atoms with Crippen LogP contribution in [0.4, 0.5) is 18.3 Å². The second-order valence-electron chi connectivity index (χ2n) is 9.17. The van der Waals surface area contributed by atoms with Gasteiger partial charge in [-0.3, -0.25) is 0 Å². The maximum absolute atomic E-state index is 10.6. The Hall–Kier alpha value is -4.34. The number of nitriles is 1. The molecule has 41 heavy (non-hydrogen) atoms. The van der Waals surface area contributed by atoms with Crippen molar-refractivity contribution >= 4 is 32.7 Å². The van der Waals surface area contributed by atoms with Crippen molar-refractivity contribution in [3.63, 3.8) is 0 Å². The van der Waals surface area contributed by atoms with E-state index in [0.717, 1.165) is 53.0 Å². The Kier molecular flexibility index (Phi) is 10.9. The summed E-state index contributed by atoms with van der Waals surface area (Å²) in [5.41, 5.74) is 2.76. The molecule has 1 heterocycles. The van der Waals surface area contributed by atoms with Gasteiger partial charge in [0.2, 0.25) is 0 Å². The molecule has 0 spiro atoms. The number of benzene rings is 3. The van der Waals surface area contributed by atoms with Crippen molar-refractivity contribution in [3.8, 4) is 23.3 Å². The Morgan fingerprint density at radius 2 is 1.61 bits per heavy atom. The van der Waals surface area contributed by atoms with Gasteiger partial charge in [0, 0.05) is 26.2 Å². The monoisotopic (exact) mass is 586 g/mol. The second-order valence-corrected chi connectivity index (χ2v) is 10.2. The van der Waals surface area contributed by atoms with E-state index in [-0.39, 0.29) is 0 Å². The van der Waals surface area contributed by atoms with Crippen molar-refractivity contribution in [2.24, 2.45) is 0 Å². The summed E-state index contributed by atoms with van der Waals surface area (Å²) in [6.45, 7) is 2.50. The first kappa shape index (κ1) is 31.2. The molecular weight excluding hydrogens is 557 g/mol. The van der Waals surface area contributed by atoms with E-state index in [4.69, 9.17) is 29.6 Å². The highest BCUT2D eigenvalue weighted by molar-refractivity contribution is 7.22. The van der Waals surface area contributed by atoms with E-state index in [0.29, 0.717) is 11.3 Å². The first-order chi connectivity index (χ1) is 19.4. The molecule has 0 fully saturated rings. The minimum atomic E-state index is -5.08. The average Bonchev–Trinajstić information content (AvgIpc) is 3.36. The molecule has 0 amide bonds. The van der Waals surface area contributed by atoms with Crippen LogP contribution >= 0.6 is 11.3 Å². The fourth-order valence-electron chi connectivity index (χ4n) is 3.46. The van der Waals surface area contributed by atoms with Gasteiger partial charge in [-0.2, -0.15) is 18.4 Å². The Bertz CT molecular complexity index is 1470. The van der Waals surface area contributed by atoms with Crippen LogP contribution in [0.2, 0.25) is 0 Å². The largest absolute Gasteiger partial charge is 0.494 e. The van der Waals surface area contributed by atoms with E-state index in [1.807, 2.05) is 30.3 Å². The lowest BCUT2D eigenvalue weighted by molar-refractivity contribution is -0.192. The molecule has 8 nitrogen and oxygen atoms in total. The predicted octanol–water partition coefficient (Wildman–Crippen LogP) is 6.56. The van der Waals surface area contributed by atoms with Gasteiger partial charge in [0.1, 0.15) is 17.2 Å². The Morgan fingerprint density at radius 1 is 1.00 bits per heavy atom. The molecule has 0 unspecified atom stereocenters. The quantitative estimate of drug-likeness (QED) is 0.209. The van der Waals surface area contributed by atoms with Crippen LogP contribution in [0.5, 0.6) is 17.2 Å². The number of thiazole rings is 1. The van der Waals surface area contributed by atoms with Crippen molar-refractivity contribution in [3.05, 3.63) is 77.9 Å². The number of fused-ring (bicyclic) bond motifs is 1. The van der Waals surface area contributed by atoms with E-state index in [9.17, 15) is 13.2 Å². The minimum absolute atomic E-state index is 0.611. The molecule has 12 heteroatoms. The van der Waals surface area contributed by atoms with Crippen molar-refractivity contribution in [2.45, 2.75) is 19.1 Å². The maximum atomic E-state index is 10.6. The van der Waals surface area contributed by atoms with Crippen molar-refractivity contribution < 1.29 is 32.5 Å². The fraction of sp³-hybridized carbons (Fsp3) is 0.276. The van der Waals surface area contributed by atoms with Crippen LogP contribution in [0.3, 0.4) is 0 Å². The first-order valence-electron chi connectivity index (χ1n) is 12.4. The van der Waals surface area contributed by atoms with Crippen LogP contribution in [0.25, 0.3) is 10.2 Å². The van der Waals surface area contributed by atoms with Gasteiger partial charge in [0.25, 0.3) is 0 Å². The molecule has 4 aromatic rings. The number of nitrogens with zero attached hydrogens (tertiary/aromatic N) is 4. The highest BCUT2D eigenvalue weighted by Crippen LogP contribution is 2.33. The molecule has 4 rings (SSSR count). The molecule has 1 N–H and O–H groups in total. The molecule has 3 aromatic carbocycles. The van der Waals surface area contributed by atoms with E-state index >= 15 is 0 Å². The van der Waals surface area contributed by atoms with Gasteiger partial charge in [-0.05, 0) is 74.6 Å². The average molecular weight is 587 g/mol. The van der Waals surface area contributed by atoms with Crippen LogP contribution in [0.1, 0.15) is 17.5 Å². The lowest BCUT2D eigenvalue weighted by Crippen LogP contribution is -2.21. The lowest BCUT2D eigenvalue weighted by Gasteiger charge is -2.16. The van der Waals surface area contributed by atoms with Gasteiger partial charge in [-0.25, -0.2) is 9.78 Å². The van der Waals surface area contributed by atoms with Crippen molar-refractivity contribution in [2.75, 3.05) is 39.2 Å². The summed E-state index contributed by atoms with van der Waals surface area (Å²) in [6, 6.07) is 23.4. The second kappa shape index (κ2) is 14.3. The number of hydrogen-bond acceptors (Lipinski definition) is 8. The minimum Gasteiger partial charge on any atom is -0.494 e. The highest BCUT2D eigenvalue weighted by Gasteiger charge is 2.38. The van der Waals surface area contributed by atoms with Gasteiger partial charge in [0.05, 0.1) is 28.5 Å². The number of ether oxygens (including phenoxy) is 2. The van der Waals surface area contributed by atoms with Crippen LogP contribution in [-0.4, -0.2) is 61.4 Å². The van der Waals surface area contributed by atoms with Crippen LogP contribution in [-0.2, 0) is 11.3 Å². The van der Waals surface area contributed by atoms with E-state index in [1.165, 1.54) is 5.56 Å². The molecule has 0 saturated heterocycles. The van der Waals surface area contributed by atoms with E-state index < -0.39 is 12.1 Å². The highest BCUT2D eigenvalue weighted by atomic mass is 32.1. The zero-order chi connectivity index (χ0) is 30.0. The number of carboxylic acid groups (broad SMARTS) is 1. The van der Waals surface area contributed by atoms with E-state index in [1.54, 1.807) is 35.6 Å². The number of rotatable bonds is 10. The summed E-state index contributed by atoms with van der Waals surface area (Å²) < 4.78 is 44.6. The number of carbonyl (C=O) groups is 1. The number of alkyl halides is 3. The fourth-order valence-corrected chi connectivity index (χ4v) is 4.41. The molecular formula is C29H29F3N4O4S. The number of aliphatic carboxylic acids is 1. The maximum Gasteiger partial charge on any atom is 0.490 e. The molecule has 0 radical (unpaired) electrons. The van der Waals surface area contributed by atoms with Crippen molar-refractivity contribution in [1.82, 2.24) is 9.88 Å². The first-order valence-corrected chi connectivity index (χ1v) is 13.2. The molecule has 0 saturated carbocycles. The molecule has 0 bridgehead atoms. The molecule has 0 aliphatic rings. The molecule has 1 aromatic heterocycles. The normalized spacial score (nSPS) is 11.0. The molecule has 0 aliphatic heterocycles. The number of hydrogen-bond donors (Lipinski definition) is 1. The zero-order valence-corrected chi connectivity index (χ0v) is 23.5. The number of carboxylic acids is 1. The smallest absolute Gasteiger partial charge is 0.490 e. The predicted molar refractivity (Wildman–Crippen MR) is 152 cm³/mol. The summed E-state index contributed by atoms with van der Waals surface area (Å²) in [6.07, 6.45) is -4.07. The Labute approximate surface area is 239 Å². The van der Waals surface area contributed by atoms with Crippen molar-refractivity contribution in [1.29, 1.82) is 5.26 Å². The van der Waals surface area contributed by atoms with Gasteiger partial charge < -0.3 is 24.4 Å². The SMILES string of the molecule is CN(C)CCCOc1ccc(CN(C)c2nc3ccc(Oc4ccc(C#N)cc4)cc3s2)cc1.O=C(O)C(F)(F)F. The third kappa shape index (κ3) is 9.97. The lowest BCUT2D eigenvalue weighted by atomic mass is 10.2. The summed E-state index contributed by atoms with van der Waals surface area (Å²) in [7, 11) is 6.19. The van der Waals surface area contributed by atoms with Gasteiger partial charge >= 0.3 is 12.1 Å². The summed E-state index contributed by atoms with van der Waals surface area (Å²) >= 11 is 1.64. The summed E-state index contributed by atoms with van der Waals surface area (Å²) in [4.78, 5) is 18.0. The standard InChI is InChI=1S/C27H28N4O2S.C2HF3O2/c1-30(2)15-4-16-32-22-9-7-21(8-10-22)19-31(3)27-29-25-14-13-24(17-26(25)34-27)33-23-11-5-20(18-28)6-12-23;3-2(4,5)1(6)7/h5-14,17H,4,15-16,19H2,1-3H3;(H,6,7). The zero-order valence-electron chi connectivity index (χ0n) is 22.7. The topological polar surface area (TPSA) is 98.9 Å². The van der Waals surface area contributed by atoms with Crippen LogP contribution in [0, 0.1) is 11.3 Å². The Balaban J connectivity index is 0.000000587. The van der Waals surface area contributed by atoms with Gasteiger partial charge in [-0.1, -0.05) is 23.5 Å². The number of aromatic nitrogens is 1. The summed E-state index contributed by atoms with van der Waals surface area (Å²) in [5, 5.41) is 17.0. The molecule has 0 atom stereocenters. The van der Waals surface area contributed by atoms with Crippen LogP contribution < -0.4 is 14.4 Å². The number of halogens is 3. The van der Waals surface area contributed by atoms with Crippen LogP contribution in [0.15, 0.2) is 66.7 Å². The third-order valence-electron chi connectivity index (χ3n) is 5.50. The molecule has 0 aliphatic carbocycles. The number of anilines is 1.